The minimum atomic E-state index is -0.118. The number of hydrogen-bond acceptors (Lipinski definition) is 5. The maximum Gasteiger partial charge on any atom is 0.205 e. The van der Waals surface area contributed by atoms with Crippen LogP contribution in [0.5, 0.6) is 17.2 Å². The Morgan fingerprint density at radius 2 is 1.83 bits per heavy atom. The van der Waals surface area contributed by atoms with E-state index in [9.17, 15) is 4.79 Å². The molecule has 7 heteroatoms. The average Bonchev–Trinajstić information content (AvgIpc) is 3.17. The van der Waals surface area contributed by atoms with Gasteiger partial charge in [0.1, 0.15) is 29.5 Å². The highest BCUT2D eigenvalue weighted by Gasteiger charge is 2.14. The maximum absolute atomic E-state index is 12.6. The zero-order chi connectivity index (χ0) is 21.5. The Hall–Kier alpha value is -3.06. The summed E-state index contributed by atoms with van der Waals surface area (Å²) in [5.41, 5.74) is 2.28. The van der Waals surface area contributed by atoms with Gasteiger partial charge in [-0.2, -0.15) is 5.10 Å². The van der Waals surface area contributed by atoms with Gasteiger partial charge in [-0.15, -0.1) is 0 Å². The second-order valence-electron chi connectivity index (χ2n) is 6.39. The molecule has 1 aromatic heterocycles. The summed E-state index contributed by atoms with van der Waals surface area (Å²) < 4.78 is 18.8. The van der Waals surface area contributed by atoms with Crippen molar-refractivity contribution in [2.45, 2.75) is 20.1 Å². The second kappa shape index (κ2) is 10.1. The lowest BCUT2D eigenvalue weighted by molar-refractivity contribution is 0.103. The van der Waals surface area contributed by atoms with E-state index in [1.54, 1.807) is 37.3 Å². The Balaban J connectivity index is 1.75. The van der Waals surface area contributed by atoms with Crippen LogP contribution >= 0.6 is 15.9 Å². The van der Waals surface area contributed by atoms with Crippen LogP contribution in [0.1, 0.15) is 28.5 Å². The van der Waals surface area contributed by atoms with Crippen molar-refractivity contribution in [1.82, 2.24) is 9.78 Å². The quantitative estimate of drug-likeness (QED) is 0.319. The topological polar surface area (TPSA) is 62.6 Å². The monoisotopic (exact) mass is 470 g/mol. The van der Waals surface area contributed by atoms with Crippen LogP contribution < -0.4 is 14.2 Å². The van der Waals surface area contributed by atoms with E-state index >= 15 is 0 Å². The van der Waals surface area contributed by atoms with E-state index in [1.165, 1.54) is 0 Å². The lowest BCUT2D eigenvalue weighted by Crippen LogP contribution is -2.07. The van der Waals surface area contributed by atoms with Crippen molar-refractivity contribution >= 4 is 27.8 Å². The molecule has 0 N–H and O–H groups in total. The summed E-state index contributed by atoms with van der Waals surface area (Å²) in [6, 6.07) is 13.1. The zero-order valence-corrected chi connectivity index (χ0v) is 18.7. The first-order chi connectivity index (χ1) is 14.5. The predicted octanol–water partition coefficient (Wildman–Crippen LogP) is 5.16. The van der Waals surface area contributed by atoms with Gasteiger partial charge in [0, 0.05) is 12.1 Å². The molecule has 3 aromatic rings. The minimum Gasteiger partial charge on any atom is -0.497 e. The lowest BCUT2D eigenvalue weighted by atomic mass is 10.1. The van der Waals surface area contributed by atoms with Gasteiger partial charge in [-0.05, 0) is 70.9 Å². The Morgan fingerprint density at radius 1 is 1.10 bits per heavy atom. The standard InChI is InChI=1S/C23H23BrN2O4/c1-4-26-23(20(24)14-25-26)21(27)11-5-16-6-12-22(29-3)17(13-16)15-30-19-9-7-18(28-2)8-10-19/h5-14H,4,15H2,1-3H3/b11-5+. The predicted molar refractivity (Wildman–Crippen MR) is 119 cm³/mol. The average molecular weight is 471 g/mol. The third-order valence-electron chi connectivity index (χ3n) is 4.51. The number of carbonyl (C=O) groups is 1. The molecule has 2 aromatic carbocycles. The molecule has 1 heterocycles. The van der Waals surface area contributed by atoms with Gasteiger partial charge in [0.05, 0.1) is 24.9 Å². The summed E-state index contributed by atoms with van der Waals surface area (Å²) in [6.07, 6.45) is 4.95. The lowest BCUT2D eigenvalue weighted by Gasteiger charge is -2.11. The minimum absolute atomic E-state index is 0.118. The number of hydrogen-bond donors (Lipinski definition) is 0. The molecule has 0 unspecified atom stereocenters. The molecule has 0 fully saturated rings. The molecule has 0 aliphatic rings. The van der Waals surface area contributed by atoms with Crippen LogP contribution in [0.3, 0.4) is 0 Å². The van der Waals surface area contributed by atoms with E-state index < -0.39 is 0 Å². The first-order valence-electron chi connectivity index (χ1n) is 9.43. The maximum atomic E-state index is 12.6. The molecule has 0 spiro atoms. The fourth-order valence-electron chi connectivity index (χ4n) is 2.95. The second-order valence-corrected chi connectivity index (χ2v) is 7.24. The number of allylic oxidation sites excluding steroid dienone is 1. The van der Waals surface area contributed by atoms with E-state index in [2.05, 4.69) is 21.0 Å². The van der Waals surface area contributed by atoms with Gasteiger partial charge >= 0.3 is 0 Å². The molecule has 3 rings (SSSR count). The molecule has 0 saturated heterocycles. The highest BCUT2D eigenvalue weighted by atomic mass is 79.9. The van der Waals surface area contributed by atoms with Gasteiger partial charge in [-0.3, -0.25) is 9.48 Å². The van der Waals surface area contributed by atoms with E-state index in [4.69, 9.17) is 14.2 Å². The van der Waals surface area contributed by atoms with Crippen molar-refractivity contribution in [1.29, 1.82) is 0 Å². The van der Waals surface area contributed by atoms with E-state index in [0.717, 1.165) is 28.4 Å². The number of rotatable bonds is 9. The number of aromatic nitrogens is 2. The van der Waals surface area contributed by atoms with Gasteiger partial charge < -0.3 is 14.2 Å². The number of ether oxygens (including phenoxy) is 3. The van der Waals surface area contributed by atoms with Gasteiger partial charge in [0.15, 0.2) is 0 Å². The van der Waals surface area contributed by atoms with Gasteiger partial charge in [0.2, 0.25) is 5.78 Å². The smallest absolute Gasteiger partial charge is 0.205 e. The van der Waals surface area contributed by atoms with Crippen LogP contribution in [-0.2, 0) is 13.2 Å². The number of carbonyl (C=O) groups excluding carboxylic acids is 1. The van der Waals surface area contributed by atoms with Crippen molar-refractivity contribution < 1.29 is 19.0 Å². The van der Waals surface area contributed by atoms with Crippen LogP contribution in [0.2, 0.25) is 0 Å². The first-order valence-corrected chi connectivity index (χ1v) is 10.2. The fraction of sp³-hybridized carbons (Fsp3) is 0.217. The van der Waals surface area contributed by atoms with E-state index in [-0.39, 0.29) is 5.78 Å². The van der Waals surface area contributed by atoms with Crippen molar-refractivity contribution in [3.8, 4) is 17.2 Å². The fourth-order valence-corrected chi connectivity index (χ4v) is 3.44. The van der Waals surface area contributed by atoms with Crippen LogP contribution in [0, 0.1) is 0 Å². The summed E-state index contributed by atoms with van der Waals surface area (Å²) in [7, 11) is 3.24. The van der Waals surface area contributed by atoms with Crippen molar-refractivity contribution in [3.63, 3.8) is 0 Å². The molecule has 0 bridgehead atoms. The summed E-state index contributed by atoms with van der Waals surface area (Å²) in [4.78, 5) is 12.6. The van der Waals surface area contributed by atoms with Crippen molar-refractivity contribution in [2.24, 2.45) is 0 Å². The molecule has 30 heavy (non-hydrogen) atoms. The number of ketones is 1. The first kappa shape index (κ1) is 21.6. The van der Waals surface area contributed by atoms with E-state index in [1.807, 2.05) is 49.4 Å². The molecule has 0 amide bonds. The highest BCUT2D eigenvalue weighted by Crippen LogP contribution is 2.24. The van der Waals surface area contributed by atoms with Gasteiger partial charge in [-0.25, -0.2) is 0 Å². The Labute approximate surface area is 184 Å². The van der Waals surface area contributed by atoms with Crippen LogP contribution in [0.4, 0.5) is 0 Å². The molecule has 0 aliphatic carbocycles. The van der Waals surface area contributed by atoms with Crippen molar-refractivity contribution in [2.75, 3.05) is 14.2 Å². The number of halogens is 1. The Kier molecular flexibility index (Phi) is 7.30. The summed E-state index contributed by atoms with van der Waals surface area (Å²) in [5.74, 6) is 2.10. The molecular weight excluding hydrogens is 448 g/mol. The Morgan fingerprint density at radius 3 is 2.50 bits per heavy atom. The molecule has 0 atom stereocenters. The third kappa shape index (κ3) is 5.10. The molecule has 0 aliphatic heterocycles. The summed E-state index contributed by atoms with van der Waals surface area (Å²) in [5, 5.41) is 4.19. The normalized spacial score (nSPS) is 10.9. The van der Waals surface area contributed by atoms with Crippen molar-refractivity contribution in [3.05, 3.63) is 76.0 Å². The van der Waals surface area contributed by atoms with Gasteiger partial charge in [0.25, 0.3) is 0 Å². The molecule has 0 saturated carbocycles. The molecule has 156 valence electrons. The molecule has 0 radical (unpaired) electrons. The molecule has 6 nitrogen and oxygen atoms in total. The largest absolute Gasteiger partial charge is 0.497 e. The van der Waals surface area contributed by atoms with Gasteiger partial charge in [-0.1, -0.05) is 12.1 Å². The number of nitrogens with zero attached hydrogens (tertiary/aromatic N) is 2. The summed E-state index contributed by atoms with van der Waals surface area (Å²) in [6.45, 7) is 2.90. The number of benzene rings is 2. The molecular formula is C23H23BrN2O4. The number of methoxy groups -OCH3 is 2. The van der Waals surface area contributed by atoms with Crippen LogP contribution in [0.25, 0.3) is 6.08 Å². The Bertz CT molecular complexity index is 1040. The SMILES string of the molecule is CCn1ncc(Br)c1C(=O)/C=C/c1ccc(OC)c(COc2ccc(OC)cc2)c1. The highest BCUT2D eigenvalue weighted by molar-refractivity contribution is 9.10. The zero-order valence-electron chi connectivity index (χ0n) is 17.1. The number of aryl methyl sites for hydroxylation is 1. The third-order valence-corrected chi connectivity index (χ3v) is 5.09. The summed E-state index contributed by atoms with van der Waals surface area (Å²) >= 11 is 3.39. The van der Waals surface area contributed by atoms with Crippen LogP contribution in [0.15, 0.2) is 59.2 Å². The van der Waals surface area contributed by atoms with Crippen LogP contribution in [-0.4, -0.2) is 29.8 Å². The van der Waals surface area contributed by atoms with E-state index in [0.29, 0.717) is 23.3 Å².